The van der Waals surface area contributed by atoms with Gasteiger partial charge in [0.15, 0.2) is 0 Å². The lowest BCUT2D eigenvalue weighted by Crippen LogP contribution is -2.68. The quantitative estimate of drug-likeness (QED) is 0.497. The highest BCUT2D eigenvalue weighted by atomic mass is 19.1. The molecule has 2 N–H and O–H groups in total. The van der Waals surface area contributed by atoms with Crippen LogP contribution in [0.25, 0.3) is 0 Å². The molecule has 0 radical (unpaired) electrons. The number of aliphatic hydroxyl groups is 1. The van der Waals surface area contributed by atoms with Crippen molar-refractivity contribution in [2.45, 2.75) is 30.8 Å². The van der Waals surface area contributed by atoms with E-state index in [-0.39, 0.29) is 36.5 Å². The summed E-state index contributed by atoms with van der Waals surface area (Å²) in [4.78, 5) is 17.3. The number of aliphatic hydroxyl groups excluding tert-OH is 1. The van der Waals surface area contributed by atoms with Crippen molar-refractivity contribution in [3.8, 4) is 17.6 Å². The number of carbonyl (C=O) groups excluding carboxylic acids is 1. The first-order valence-electron chi connectivity index (χ1n) is 13.0. The third-order valence-electron chi connectivity index (χ3n) is 7.49. The molecule has 7 heteroatoms. The predicted octanol–water partition coefficient (Wildman–Crippen LogP) is 4.69. The maximum atomic E-state index is 13.3. The van der Waals surface area contributed by atoms with E-state index in [1.807, 2.05) is 41.3 Å². The molecule has 2 fully saturated rings. The molecule has 3 atom stereocenters. The zero-order valence-electron chi connectivity index (χ0n) is 21.4. The normalized spacial score (nSPS) is 21.1. The molecule has 2 heterocycles. The summed E-state index contributed by atoms with van der Waals surface area (Å²) in [6.45, 7) is 2.20. The first-order valence-corrected chi connectivity index (χ1v) is 13.0. The van der Waals surface area contributed by atoms with Gasteiger partial charge in [0.1, 0.15) is 11.6 Å². The molecule has 0 unspecified atom stereocenters. The summed E-state index contributed by atoms with van der Waals surface area (Å²) in [5.41, 5.74) is 3.54. The Bertz CT molecular complexity index is 1300. The van der Waals surface area contributed by atoms with Gasteiger partial charge in [-0.3, -0.25) is 4.90 Å². The second kappa shape index (κ2) is 11.7. The Labute approximate surface area is 223 Å². The molecular formula is C31H32FN3O3. The molecule has 2 amide bonds. The number of fused-ring (bicyclic) bond motifs is 1. The molecule has 2 saturated heterocycles. The van der Waals surface area contributed by atoms with Gasteiger partial charge in [-0.25, -0.2) is 9.18 Å². The Hall–Kier alpha value is -3.86. The average molecular weight is 514 g/mol. The number of amides is 2. The van der Waals surface area contributed by atoms with E-state index in [9.17, 15) is 14.3 Å². The smallest absolute Gasteiger partial charge is 0.321 e. The van der Waals surface area contributed by atoms with Gasteiger partial charge in [0, 0.05) is 47.9 Å². The third-order valence-corrected chi connectivity index (χ3v) is 7.49. The molecule has 0 aliphatic carbocycles. The Morgan fingerprint density at radius 3 is 2.24 bits per heavy atom. The first-order chi connectivity index (χ1) is 18.6. The molecule has 196 valence electrons. The minimum atomic E-state index is -0.338. The third kappa shape index (κ3) is 5.67. The number of urea groups is 1. The molecule has 3 aromatic rings. The van der Waals surface area contributed by atoms with E-state index >= 15 is 0 Å². The number of rotatable bonds is 4. The van der Waals surface area contributed by atoms with Gasteiger partial charge in [-0.15, -0.1) is 0 Å². The molecule has 0 saturated carbocycles. The SMILES string of the molecule is COc1ccc(C#Cc2ccc([C@@H]3[C@H]4CN(C(=O)Nc5ccc(F)cc5)CCCCN4[C@H]3CO)cc2)cc1. The number of hydrogen-bond donors (Lipinski definition) is 2. The van der Waals surface area contributed by atoms with Gasteiger partial charge in [-0.2, -0.15) is 0 Å². The van der Waals surface area contributed by atoms with Crippen LogP contribution in [-0.2, 0) is 0 Å². The highest BCUT2D eigenvalue weighted by molar-refractivity contribution is 5.89. The van der Waals surface area contributed by atoms with Crippen LogP contribution < -0.4 is 10.1 Å². The molecule has 6 nitrogen and oxygen atoms in total. The van der Waals surface area contributed by atoms with Gasteiger partial charge in [0.25, 0.3) is 0 Å². The molecule has 0 spiro atoms. The van der Waals surface area contributed by atoms with Crippen molar-refractivity contribution in [2.24, 2.45) is 0 Å². The van der Waals surface area contributed by atoms with E-state index in [0.717, 1.165) is 41.8 Å². The van der Waals surface area contributed by atoms with E-state index in [4.69, 9.17) is 4.74 Å². The molecule has 0 bridgehead atoms. The summed E-state index contributed by atoms with van der Waals surface area (Å²) in [5.74, 6) is 6.97. The van der Waals surface area contributed by atoms with Crippen LogP contribution in [-0.4, -0.2) is 66.4 Å². The molecule has 5 rings (SSSR count). The molecule has 2 aliphatic heterocycles. The van der Waals surface area contributed by atoms with Crippen molar-refractivity contribution in [2.75, 3.05) is 38.7 Å². The lowest BCUT2D eigenvalue weighted by molar-refractivity contribution is -0.0585. The zero-order chi connectivity index (χ0) is 26.5. The van der Waals surface area contributed by atoms with Crippen molar-refractivity contribution in [1.82, 2.24) is 9.80 Å². The van der Waals surface area contributed by atoms with Gasteiger partial charge in [0.2, 0.25) is 0 Å². The lowest BCUT2D eigenvalue weighted by Gasteiger charge is -2.57. The number of ether oxygens (including phenoxy) is 1. The van der Waals surface area contributed by atoms with E-state index in [2.05, 4.69) is 34.2 Å². The minimum absolute atomic E-state index is 0.0244. The summed E-state index contributed by atoms with van der Waals surface area (Å²) in [5, 5.41) is 13.1. The number of nitrogens with zero attached hydrogens (tertiary/aromatic N) is 2. The number of nitrogens with one attached hydrogen (secondary N) is 1. The Balaban J connectivity index is 1.30. The molecule has 3 aromatic carbocycles. The summed E-state index contributed by atoms with van der Waals surface area (Å²) in [6, 6.07) is 21.6. The van der Waals surface area contributed by atoms with Crippen molar-refractivity contribution in [3.05, 3.63) is 95.3 Å². The van der Waals surface area contributed by atoms with Gasteiger partial charge >= 0.3 is 6.03 Å². The maximum Gasteiger partial charge on any atom is 0.321 e. The minimum Gasteiger partial charge on any atom is -0.497 e. The van der Waals surface area contributed by atoms with Crippen molar-refractivity contribution < 1.29 is 19.0 Å². The monoisotopic (exact) mass is 513 g/mol. The first kappa shape index (κ1) is 25.8. The topological polar surface area (TPSA) is 65.0 Å². The summed E-state index contributed by atoms with van der Waals surface area (Å²) in [6.07, 6.45) is 1.85. The zero-order valence-corrected chi connectivity index (χ0v) is 21.4. The second-order valence-electron chi connectivity index (χ2n) is 9.77. The average Bonchev–Trinajstić information content (AvgIpc) is 2.93. The highest BCUT2D eigenvalue weighted by Crippen LogP contribution is 2.42. The molecule has 38 heavy (non-hydrogen) atoms. The van der Waals surface area contributed by atoms with E-state index in [1.165, 1.54) is 12.1 Å². The molecular weight excluding hydrogens is 481 g/mol. The summed E-state index contributed by atoms with van der Waals surface area (Å²) >= 11 is 0. The van der Waals surface area contributed by atoms with Gasteiger partial charge in [-0.1, -0.05) is 24.0 Å². The van der Waals surface area contributed by atoms with Gasteiger partial charge in [0.05, 0.1) is 13.7 Å². The van der Waals surface area contributed by atoms with Gasteiger partial charge in [-0.05, 0) is 85.6 Å². The Morgan fingerprint density at radius 2 is 1.61 bits per heavy atom. The van der Waals surface area contributed by atoms with Crippen molar-refractivity contribution in [1.29, 1.82) is 0 Å². The fourth-order valence-corrected chi connectivity index (χ4v) is 5.47. The summed E-state index contributed by atoms with van der Waals surface area (Å²) < 4.78 is 18.5. The molecule has 2 aliphatic rings. The summed E-state index contributed by atoms with van der Waals surface area (Å²) in [7, 11) is 1.64. The number of methoxy groups -OCH3 is 1. The second-order valence-corrected chi connectivity index (χ2v) is 9.77. The fraction of sp³-hybridized carbons (Fsp3) is 0.323. The van der Waals surface area contributed by atoms with Crippen LogP contribution in [0.1, 0.15) is 35.4 Å². The molecule has 0 aromatic heterocycles. The predicted molar refractivity (Wildman–Crippen MR) is 146 cm³/mol. The van der Waals surface area contributed by atoms with E-state index in [0.29, 0.717) is 18.8 Å². The standard InChI is InChI=1S/C31H32FN3O3/c1-38-27-16-8-23(9-17-27)5-4-22-6-10-24(11-7-22)30-28-20-34(18-2-3-19-35(28)29(30)21-36)31(37)33-26-14-12-25(32)13-15-26/h6-17,28-30,36H,2-3,18-21H2,1H3,(H,33,37)/t28-,29+,30-/m1/s1. The van der Waals surface area contributed by atoms with Crippen LogP contribution >= 0.6 is 0 Å². The number of halogens is 1. The fourth-order valence-electron chi connectivity index (χ4n) is 5.47. The van der Waals surface area contributed by atoms with Gasteiger partial charge < -0.3 is 20.1 Å². The van der Waals surface area contributed by atoms with Crippen LogP contribution in [0.2, 0.25) is 0 Å². The maximum absolute atomic E-state index is 13.3. The highest BCUT2D eigenvalue weighted by Gasteiger charge is 2.49. The number of carbonyl (C=O) groups is 1. The van der Waals surface area contributed by atoms with Crippen molar-refractivity contribution >= 4 is 11.7 Å². The number of anilines is 1. The van der Waals surface area contributed by atoms with Crippen LogP contribution in [0.3, 0.4) is 0 Å². The van der Waals surface area contributed by atoms with Crippen LogP contribution in [0.5, 0.6) is 5.75 Å². The van der Waals surface area contributed by atoms with Crippen LogP contribution in [0, 0.1) is 17.7 Å². The number of hydrogen-bond acceptors (Lipinski definition) is 4. The Morgan fingerprint density at radius 1 is 0.974 bits per heavy atom. The van der Waals surface area contributed by atoms with Crippen LogP contribution in [0.15, 0.2) is 72.8 Å². The lowest BCUT2D eigenvalue weighted by atomic mass is 9.74. The number of benzene rings is 3. The van der Waals surface area contributed by atoms with E-state index in [1.54, 1.807) is 19.2 Å². The largest absolute Gasteiger partial charge is 0.497 e. The Kier molecular flexibility index (Phi) is 7.92. The van der Waals surface area contributed by atoms with Crippen LogP contribution in [0.4, 0.5) is 14.9 Å². The van der Waals surface area contributed by atoms with E-state index < -0.39 is 0 Å². The van der Waals surface area contributed by atoms with Crippen molar-refractivity contribution in [3.63, 3.8) is 0 Å².